The predicted octanol–water partition coefficient (Wildman–Crippen LogP) is 16.0. The molecule has 0 N–H and O–H groups in total. The lowest BCUT2D eigenvalue weighted by Crippen LogP contribution is -2.72. The van der Waals surface area contributed by atoms with Gasteiger partial charge in [0.25, 0.3) is 0 Å². The van der Waals surface area contributed by atoms with Crippen molar-refractivity contribution in [2.75, 3.05) is 4.90 Å². The second kappa shape index (κ2) is 15.3. The first-order chi connectivity index (χ1) is 35.1. The Balaban J connectivity index is 1.00. The van der Waals surface area contributed by atoms with Crippen LogP contribution in [0.3, 0.4) is 0 Å². The summed E-state index contributed by atoms with van der Waals surface area (Å²) in [5.41, 5.74) is 9.90. The number of rotatable bonds is 6. The van der Waals surface area contributed by atoms with Crippen molar-refractivity contribution in [2.45, 2.75) is 6.92 Å². The smallest absolute Gasteiger partial charge is 0.180 e. The summed E-state index contributed by atoms with van der Waals surface area (Å²) in [5.74, 6) is 0. The van der Waals surface area contributed by atoms with Crippen LogP contribution in [0.5, 0.6) is 0 Å². The van der Waals surface area contributed by atoms with Crippen LogP contribution in [-0.2, 0) is 0 Å². The fraction of sp³-hybridized carbons (Fsp3) is 0.0145. The van der Waals surface area contributed by atoms with Gasteiger partial charge >= 0.3 is 0 Å². The van der Waals surface area contributed by atoms with E-state index in [-0.39, 0.29) is 0 Å². The summed E-state index contributed by atoms with van der Waals surface area (Å²) >= 11 is 0. The fourth-order valence-corrected chi connectivity index (χ4v) is 18.0. The molecular weight excluding hydrogens is 871 g/mol. The first kappa shape index (κ1) is 40.1. The van der Waals surface area contributed by atoms with E-state index in [1.165, 1.54) is 130 Å². The fourth-order valence-electron chi connectivity index (χ4n) is 12.8. The second-order valence-corrected chi connectivity index (χ2v) is 23.3. The number of aryl methyl sites for hydroxylation is 1. The van der Waals surface area contributed by atoms with E-state index in [1.807, 2.05) is 0 Å². The normalized spacial score (nSPS) is 13.0. The van der Waals surface area contributed by atoms with Gasteiger partial charge in [-0.2, -0.15) is 0 Å². The van der Waals surface area contributed by atoms with E-state index in [9.17, 15) is 0 Å². The highest BCUT2D eigenvalue weighted by molar-refractivity contribution is 7.22. The largest absolute Gasteiger partial charge is 0.310 e. The lowest BCUT2D eigenvalue weighted by atomic mass is 9.87. The third-order valence-corrected chi connectivity index (χ3v) is 20.8. The van der Waals surface area contributed by atoms with Gasteiger partial charge in [-0.25, -0.2) is 0 Å². The lowest BCUT2D eigenvalue weighted by Gasteiger charge is -2.31. The molecule has 14 aromatic rings. The minimum atomic E-state index is -2.82. The molecule has 71 heavy (non-hydrogen) atoms. The Hall–Kier alpha value is -8.82. The zero-order chi connectivity index (χ0) is 46.8. The van der Waals surface area contributed by atoms with Gasteiger partial charge in [0.05, 0.1) is 5.69 Å². The van der Waals surface area contributed by atoms with Crippen molar-refractivity contribution in [3.63, 3.8) is 0 Å². The van der Waals surface area contributed by atoms with Gasteiger partial charge in [0.2, 0.25) is 0 Å². The Morgan fingerprint density at radius 1 is 0.310 bits per heavy atom. The van der Waals surface area contributed by atoms with Gasteiger partial charge in [-0.1, -0.05) is 224 Å². The summed E-state index contributed by atoms with van der Waals surface area (Å²) in [6.45, 7) is 2.16. The summed E-state index contributed by atoms with van der Waals surface area (Å²) in [7, 11) is -2.82. The Morgan fingerprint density at radius 3 is 1.55 bits per heavy atom. The minimum absolute atomic E-state index is 1.14. The van der Waals surface area contributed by atoms with Gasteiger partial charge in [0.15, 0.2) is 8.07 Å². The van der Waals surface area contributed by atoms with Gasteiger partial charge in [-0.05, 0) is 156 Å². The Bertz CT molecular complexity index is 4390. The molecule has 1 heterocycles. The molecule has 1 aliphatic heterocycles. The Morgan fingerprint density at radius 2 is 0.831 bits per heavy atom. The molecule has 2 heteroatoms. The molecule has 0 unspecified atom stereocenters. The van der Waals surface area contributed by atoms with Gasteiger partial charge in [-0.15, -0.1) is 0 Å². The number of nitrogens with zero attached hydrogens (tertiary/aromatic N) is 1. The lowest BCUT2D eigenvalue weighted by molar-refractivity contribution is 1.29. The molecule has 330 valence electrons. The van der Waals surface area contributed by atoms with E-state index in [1.54, 1.807) is 0 Å². The van der Waals surface area contributed by atoms with Crippen molar-refractivity contribution in [2.24, 2.45) is 0 Å². The number of anilines is 3. The molecule has 0 spiro atoms. The molecule has 0 saturated heterocycles. The van der Waals surface area contributed by atoms with E-state index in [0.29, 0.717) is 0 Å². The molecule has 0 saturated carbocycles. The molecule has 1 aliphatic rings. The SMILES string of the molecule is Cc1ccc(N(c2ccc3ccccc3c2)c2ccc3ccc4c(-c5ccc6c(c5)-c5c(ccc7c8ccccc8c8ccccc8c57)[Si]6(c5ccccc5)c5ccccc5)ccc5ccc2c3c54)cc1. The first-order valence-electron chi connectivity index (χ1n) is 24.8. The molecule has 15 rings (SSSR count). The van der Waals surface area contributed by atoms with Gasteiger partial charge < -0.3 is 4.90 Å². The average Bonchev–Trinajstić information content (AvgIpc) is 3.74. The summed E-state index contributed by atoms with van der Waals surface area (Å²) < 4.78 is 0. The summed E-state index contributed by atoms with van der Waals surface area (Å²) in [6, 6.07) is 96.7. The van der Waals surface area contributed by atoms with E-state index < -0.39 is 8.07 Å². The van der Waals surface area contributed by atoms with Crippen molar-refractivity contribution in [3.8, 4) is 22.3 Å². The van der Waals surface area contributed by atoms with E-state index in [4.69, 9.17) is 0 Å². The quantitative estimate of drug-likeness (QED) is 0.119. The summed E-state index contributed by atoms with van der Waals surface area (Å²) in [5, 5.41) is 23.7. The zero-order valence-corrected chi connectivity index (χ0v) is 40.2. The monoisotopic (exact) mass is 915 g/mol. The van der Waals surface area contributed by atoms with Crippen LogP contribution in [0.15, 0.2) is 255 Å². The van der Waals surface area contributed by atoms with Crippen molar-refractivity contribution < 1.29 is 0 Å². The first-order valence-corrected chi connectivity index (χ1v) is 26.8. The van der Waals surface area contributed by atoms with Crippen LogP contribution in [0, 0.1) is 6.92 Å². The maximum Gasteiger partial charge on any atom is 0.180 e. The predicted molar refractivity (Wildman–Crippen MR) is 308 cm³/mol. The third-order valence-electron chi connectivity index (χ3n) is 15.9. The summed E-state index contributed by atoms with van der Waals surface area (Å²) in [4.78, 5) is 2.45. The Labute approximate surface area is 413 Å². The number of fused-ring (bicyclic) bond motifs is 11. The Kier molecular flexibility index (Phi) is 8.66. The van der Waals surface area contributed by atoms with Crippen molar-refractivity contribution in [1.82, 2.24) is 0 Å². The molecule has 0 bridgehead atoms. The third kappa shape index (κ3) is 5.74. The number of hydrogen-bond donors (Lipinski definition) is 0. The van der Waals surface area contributed by atoms with Crippen LogP contribution in [-0.4, -0.2) is 8.07 Å². The molecule has 0 aromatic heterocycles. The van der Waals surface area contributed by atoms with E-state index >= 15 is 0 Å². The molecule has 0 fully saturated rings. The maximum atomic E-state index is 2.56. The standard InChI is InChI=1S/C69H45NSi/c1-44-24-32-50(33-25-44)70(51-34-26-45-14-8-9-15-48(45)42-51)63-39-30-47-28-36-59-54(35-27-46-29-37-61(63)67(47)66(46)59)49-31-40-64-62(43-49)69-65(71(64,52-16-4-2-5-17-52)53-18-6-3-7-19-53)41-38-60-57-22-11-10-20-55(57)56-21-12-13-23-58(56)68(60)69/h2-43H,1H3. The van der Waals surface area contributed by atoms with Gasteiger partial charge in [0, 0.05) is 16.8 Å². The average molecular weight is 916 g/mol. The molecule has 0 amide bonds. The topological polar surface area (TPSA) is 3.24 Å². The minimum Gasteiger partial charge on any atom is -0.310 e. The van der Waals surface area contributed by atoms with Crippen LogP contribution in [0.4, 0.5) is 17.1 Å². The highest BCUT2D eigenvalue weighted by Gasteiger charge is 2.49. The molecule has 0 atom stereocenters. The van der Waals surface area contributed by atoms with Crippen LogP contribution in [0.25, 0.3) is 97.7 Å². The van der Waals surface area contributed by atoms with Crippen LogP contribution < -0.4 is 25.6 Å². The highest BCUT2D eigenvalue weighted by Crippen LogP contribution is 2.48. The molecule has 0 aliphatic carbocycles. The number of hydrogen-bond acceptors (Lipinski definition) is 1. The molecule has 1 nitrogen and oxygen atoms in total. The van der Waals surface area contributed by atoms with Crippen molar-refractivity contribution in [1.29, 1.82) is 0 Å². The van der Waals surface area contributed by atoms with Crippen LogP contribution in [0.2, 0.25) is 0 Å². The van der Waals surface area contributed by atoms with Crippen LogP contribution in [0.1, 0.15) is 5.56 Å². The van der Waals surface area contributed by atoms with Gasteiger partial charge in [-0.3, -0.25) is 0 Å². The number of benzene rings is 14. The molecular formula is C69H45NSi. The van der Waals surface area contributed by atoms with Crippen molar-refractivity contribution in [3.05, 3.63) is 260 Å². The van der Waals surface area contributed by atoms with E-state index in [2.05, 4.69) is 267 Å². The van der Waals surface area contributed by atoms with Gasteiger partial charge in [0.1, 0.15) is 0 Å². The van der Waals surface area contributed by atoms with Crippen molar-refractivity contribution >= 4 is 121 Å². The zero-order valence-electron chi connectivity index (χ0n) is 39.2. The highest BCUT2D eigenvalue weighted by atomic mass is 28.3. The second-order valence-electron chi connectivity index (χ2n) is 19.6. The molecule has 14 aromatic carbocycles. The molecule has 0 radical (unpaired) electrons. The maximum absolute atomic E-state index is 2.82. The summed E-state index contributed by atoms with van der Waals surface area (Å²) in [6.07, 6.45) is 0. The van der Waals surface area contributed by atoms with E-state index in [0.717, 1.165) is 11.4 Å². The van der Waals surface area contributed by atoms with Crippen LogP contribution >= 0.6 is 0 Å².